The van der Waals surface area contributed by atoms with E-state index in [9.17, 15) is 0 Å². The number of benzene rings is 1. The molecule has 0 amide bonds. The molecule has 1 aromatic carbocycles. The van der Waals surface area contributed by atoms with Gasteiger partial charge in [0.2, 0.25) is 0 Å². The Kier molecular flexibility index (Phi) is 4.52. The van der Waals surface area contributed by atoms with Crippen LogP contribution in [0.15, 0.2) is 16.6 Å². The van der Waals surface area contributed by atoms with Crippen LogP contribution < -0.4 is 19.9 Å². The normalized spacial score (nSPS) is 10.3. The van der Waals surface area contributed by atoms with Crippen LogP contribution in [0.2, 0.25) is 0 Å². The number of nitrogen functional groups attached to an aromatic ring is 1. The van der Waals surface area contributed by atoms with Gasteiger partial charge in [0.1, 0.15) is 28.6 Å². The van der Waals surface area contributed by atoms with Crippen molar-refractivity contribution < 1.29 is 14.2 Å². The molecule has 0 bridgehead atoms. The minimum Gasteiger partial charge on any atom is -0.496 e. The van der Waals surface area contributed by atoms with Crippen molar-refractivity contribution in [1.29, 1.82) is 0 Å². The third kappa shape index (κ3) is 2.87. The van der Waals surface area contributed by atoms with Crippen LogP contribution in [0.5, 0.6) is 17.2 Å². The van der Waals surface area contributed by atoms with Gasteiger partial charge in [-0.05, 0) is 22.9 Å². The van der Waals surface area contributed by atoms with Gasteiger partial charge in [-0.3, -0.25) is 0 Å². The van der Waals surface area contributed by atoms with Crippen molar-refractivity contribution in [2.45, 2.75) is 6.92 Å². The lowest BCUT2D eigenvalue weighted by atomic mass is 10.1. The fourth-order valence-electron chi connectivity index (χ4n) is 1.92. The fraction of sp³-hybridized carbons (Fsp3) is 0.286. The van der Waals surface area contributed by atoms with Crippen molar-refractivity contribution in [3.05, 3.63) is 22.3 Å². The first-order valence-electron chi connectivity index (χ1n) is 6.11. The van der Waals surface area contributed by atoms with Crippen molar-refractivity contribution in [3.63, 3.8) is 0 Å². The minimum absolute atomic E-state index is 0.359. The van der Waals surface area contributed by atoms with Crippen LogP contribution >= 0.6 is 15.9 Å². The molecular weight excluding hydrogens is 338 g/mol. The van der Waals surface area contributed by atoms with E-state index in [1.165, 1.54) is 0 Å². The van der Waals surface area contributed by atoms with Gasteiger partial charge in [0, 0.05) is 12.1 Å². The van der Waals surface area contributed by atoms with E-state index in [1.54, 1.807) is 33.5 Å². The molecule has 1 aromatic heterocycles. The maximum atomic E-state index is 5.89. The summed E-state index contributed by atoms with van der Waals surface area (Å²) in [6, 6.07) is 3.49. The smallest absolute Gasteiger partial charge is 0.169 e. The van der Waals surface area contributed by atoms with Crippen molar-refractivity contribution in [2.24, 2.45) is 0 Å². The molecule has 0 aliphatic heterocycles. The van der Waals surface area contributed by atoms with Crippen LogP contribution in [0.25, 0.3) is 11.4 Å². The van der Waals surface area contributed by atoms with Crippen molar-refractivity contribution in [2.75, 3.05) is 27.1 Å². The zero-order valence-corrected chi connectivity index (χ0v) is 13.8. The first kappa shape index (κ1) is 15.4. The highest BCUT2D eigenvalue weighted by Crippen LogP contribution is 2.41. The number of hydrogen-bond donors (Lipinski definition) is 1. The average Bonchev–Trinajstić information content (AvgIpc) is 2.50. The molecule has 0 saturated heterocycles. The lowest BCUT2D eigenvalue weighted by molar-refractivity contribution is 0.377. The molecule has 0 aliphatic rings. The number of aryl methyl sites for hydroxylation is 1. The summed E-state index contributed by atoms with van der Waals surface area (Å²) in [5, 5.41) is 0. The Morgan fingerprint density at radius 3 is 2.00 bits per heavy atom. The number of nitrogens with zero attached hydrogens (tertiary/aromatic N) is 2. The van der Waals surface area contributed by atoms with Gasteiger partial charge in [0.05, 0.1) is 31.5 Å². The highest BCUT2D eigenvalue weighted by atomic mass is 79.9. The molecule has 0 fully saturated rings. The molecule has 7 heteroatoms. The number of methoxy groups -OCH3 is 3. The summed E-state index contributed by atoms with van der Waals surface area (Å²) in [5.41, 5.74) is 7.26. The summed E-state index contributed by atoms with van der Waals surface area (Å²) in [4.78, 5) is 8.73. The molecule has 2 aromatic rings. The first-order chi connectivity index (χ1) is 10.0. The Bertz CT molecular complexity index is 628. The summed E-state index contributed by atoms with van der Waals surface area (Å²) in [5.74, 6) is 2.51. The van der Waals surface area contributed by atoms with Crippen LogP contribution in [0, 0.1) is 6.92 Å². The molecule has 2 rings (SSSR count). The molecule has 0 radical (unpaired) electrons. The lowest BCUT2D eigenvalue weighted by Gasteiger charge is -2.15. The fourth-order valence-corrected chi connectivity index (χ4v) is 2.10. The quantitative estimate of drug-likeness (QED) is 0.910. The van der Waals surface area contributed by atoms with E-state index in [4.69, 9.17) is 19.9 Å². The molecule has 2 N–H and O–H groups in total. The summed E-state index contributed by atoms with van der Waals surface area (Å²) < 4.78 is 16.7. The van der Waals surface area contributed by atoms with Gasteiger partial charge in [-0.1, -0.05) is 0 Å². The molecule has 6 nitrogen and oxygen atoms in total. The van der Waals surface area contributed by atoms with E-state index >= 15 is 0 Å². The third-order valence-corrected chi connectivity index (χ3v) is 3.96. The van der Waals surface area contributed by atoms with E-state index in [2.05, 4.69) is 25.9 Å². The monoisotopic (exact) mass is 353 g/mol. The van der Waals surface area contributed by atoms with Crippen LogP contribution in [0.3, 0.4) is 0 Å². The molecule has 0 unspecified atom stereocenters. The Labute approximate surface area is 131 Å². The zero-order valence-electron chi connectivity index (χ0n) is 12.2. The molecular formula is C14H16BrN3O3. The number of nitrogens with two attached hydrogens (primary N) is 1. The Morgan fingerprint density at radius 2 is 1.57 bits per heavy atom. The third-order valence-electron chi connectivity index (χ3n) is 2.98. The van der Waals surface area contributed by atoms with Crippen LogP contribution in [-0.4, -0.2) is 31.3 Å². The Hall–Kier alpha value is -2.02. The predicted molar refractivity (Wildman–Crippen MR) is 84.0 cm³/mol. The van der Waals surface area contributed by atoms with Gasteiger partial charge in [0.25, 0.3) is 0 Å². The lowest BCUT2D eigenvalue weighted by Crippen LogP contribution is -2.03. The summed E-state index contributed by atoms with van der Waals surface area (Å²) >= 11 is 3.35. The van der Waals surface area contributed by atoms with Gasteiger partial charge in [-0.15, -0.1) is 0 Å². The molecule has 1 heterocycles. The molecule has 0 spiro atoms. The highest BCUT2D eigenvalue weighted by molar-refractivity contribution is 9.10. The van der Waals surface area contributed by atoms with Crippen molar-refractivity contribution in [3.8, 4) is 28.6 Å². The van der Waals surface area contributed by atoms with E-state index in [0.29, 0.717) is 38.9 Å². The van der Waals surface area contributed by atoms with Gasteiger partial charge in [-0.25, -0.2) is 9.97 Å². The largest absolute Gasteiger partial charge is 0.496 e. The van der Waals surface area contributed by atoms with E-state index in [-0.39, 0.29) is 0 Å². The topological polar surface area (TPSA) is 79.5 Å². The zero-order chi connectivity index (χ0) is 15.6. The number of anilines is 1. The first-order valence-corrected chi connectivity index (χ1v) is 6.91. The standard InChI is InChI=1S/C14H16BrN3O3/c1-7-12(15)13(16)18-14(17-7)11-9(20-3)5-8(19-2)6-10(11)21-4/h5-6H,1-4H3,(H2,16,17,18). The number of aromatic nitrogens is 2. The minimum atomic E-state index is 0.359. The van der Waals surface area contributed by atoms with Gasteiger partial charge < -0.3 is 19.9 Å². The van der Waals surface area contributed by atoms with E-state index in [1.807, 2.05) is 6.92 Å². The van der Waals surface area contributed by atoms with Crippen molar-refractivity contribution >= 4 is 21.7 Å². The maximum absolute atomic E-state index is 5.89. The number of halogens is 1. The predicted octanol–water partition coefficient (Wildman–Crippen LogP) is 2.82. The van der Waals surface area contributed by atoms with Crippen molar-refractivity contribution in [1.82, 2.24) is 9.97 Å². The van der Waals surface area contributed by atoms with Gasteiger partial charge >= 0.3 is 0 Å². The number of hydrogen-bond acceptors (Lipinski definition) is 6. The SMILES string of the molecule is COc1cc(OC)c(-c2nc(C)c(Br)c(N)n2)c(OC)c1. The Morgan fingerprint density at radius 1 is 1.00 bits per heavy atom. The molecule has 0 aliphatic carbocycles. The summed E-state index contributed by atoms with van der Waals surface area (Å²) in [6.07, 6.45) is 0. The second-order valence-electron chi connectivity index (χ2n) is 4.24. The molecule has 112 valence electrons. The Balaban J connectivity index is 2.73. The highest BCUT2D eigenvalue weighted by Gasteiger charge is 2.19. The molecule has 0 saturated carbocycles. The molecule has 21 heavy (non-hydrogen) atoms. The van der Waals surface area contributed by atoms with Crippen LogP contribution in [-0.2, 0) is 0 Å². The van der Waals surface area contributed by atoms with Crippen LogP contribution in [0.4, 0.5) is 5.82 Å². The second kappa shape index (κ2) is 6.17. The van der Waals surface area contributed by atoms with Gasteiger partial charge in [-0.2, -0.15) is 0 Å². The van der Waals surface area contributed by atoms with Crippen LogP contribution in [0.1, 0.15) is 5.69 Å². The van der Waals surface area contributed by atoms with Gasteiger partial charge in [0.15, 0.2) is 5.82 Å². The maximum Gasteiger partial charge on any atom is 0.169 e. The van der Waals surface area contributed by atoms with E-state index < -0.39 is 0 Å². The molecule has 0 atom stereocenters. The second-order valence-corrected chi connectivity index (χ2v) is 5.03. The van der Waals surface area contributed by atoms with E-state index in [0.717, 1.165) is 5.69 Å². The average molecular weight is 354 g/mol. The number of ether oxygens (including phenoxy) is 3. The summed E-state index contributed by atoms with van der Waals surface area (Å²) in [6.45, 7) is 1.84. The summed E-state index contributed by atoms with van der Waals surface area (Å²) in [7, 11) is 4.70. The number of rotatable bonds is 4.